The van der Waals surface area contributed by atoms with Crippen LogP contribution >= 0.6 is 0 Å². The Morgan fingerprint density at radius 1 is 0.655 bits per heavy atom. The van der Waals surface area contributed by atoms with Crippen molar-refractivity contribution >= 4 is 5.97 Å². The van der Waals surface area contributed by atoms with E-state index in [2.05, 4.69) is 13.5 Å². The highest BCUT2D eigenvalue weighted by atomic mass is 16.6. The zero-order chi connectivity index (χ0) is 21.3. The summed E-state index contributed by atoms with van der Waals surface area (Å²) in [5.41, 5.74) is 0. The average Bonchev–Trinajstić information content (AvgIpc) is 2.72. The Hall–Kier alpha value is -1.15. The van der Waals surface area contributed by atoms with Crippen molar-refractivity contribution in [3.8, 4) is 0 Å². The second kappa shape index (κ2) is 24.9. The third-order valence-corrected chi connectivity index (χ3v) is 4.05. The molecule has 0 unspecified atom stereocenters. The number of ether oxygens (including phenoxy) is 6. The van der Waals surface area contributed by atoms with Gasteiger partial charge >= 0.3 is 5.97 Å². The summed E-state index contributed by atoms with van der Waals surface area (Å²) in [5, 5.41) is 0. The van der Waals surface area contributed by atoms with Crippen LogP contribution in [0.15, 0.2) is 12.8 Å². The first kappa shape index (κ1) is 27.8. The standard InChI is InChI=1S/C22H42O7/c1-3-5-6-7-8-9-10-11-22(23)29-21-20-28-19-18-27-17-16-26-15-14-25-13-12-24-4-2/h4H,2-3,5-21H2,1H3. The second-order valence-corrected chi connectivity index (χ2v) is 6.58. The van der Waals surface area contributed by atoms with E-state index >= 15 is 0 Å². The molecule has 0 aromatic heterocycles. The summed E-state index contributed by atoms with van der Waals surface area (Å²) >= 11 is 0. The molecular weight excluding hydrogens is 376 g/mol. The Balaban J connectivity index is 3.12. The Morgan fingerprint density at radius 2 is 1.10 bits per heavy atom. The first-order valence-electron chi connectivity index (χ1n) is 11.0. The molecule has 0 aliphatic carbocycles. The van der Waals surface area contributed by atoms with Crippen LogP contribution in [-0.4, -0.2) is 72.0 Å². The van der Waals surface area contributed by atoms with Gasteiger partial charge in [0.2, 0.25) is 0 Å². The molecule has 0 saturated heterocycles. The Bertz CT molecular complexity index is 350. The Labute approximate surface area is 177 Å². The van der Waals surface area contributed by atoms with Gasteiger partial charge in [0.25, 0.3) is 0 Å². The van der Waals surface area contributed by atoms with E-state index in [1.54, 1.807) is 0 Å². The SMILES string of the molecule is C=COCCOCCOCCOCCOCCOC(=O)CCCCCCCCC. The Kier molecular flexibility index (Phi) is 23.9. The topological polar surface area (TPSA) is 72.5 Å². The third-order valence-electron chi connectivity index (χ3n) is 4.05. The van der Waals surface area contributed by atoms with Crippen LogP contribution in [0.4, 0.5) is 0 Å². The van der Waals surface area contributed by atoms with Gasteiger partial charge in [0, 0.05) is 6.42 Å². The first-order chi connectivity index (χ1) is 14.3. The molecule has 0 aliphatic rings. The first-order valence-corrected chi connectivity index (χ1v) is 11.0. The maximum atomic E-state index is 11.6. The lowest BCUT2D eigenvalue weighted by molar-refractivity contribution is -0.145. The lowest BCUT2D eigenvalue weighted by Gasteiger charge is -2.08. The van der Waals surface area contributed by atoms with E-state index in [9.17, 15) is 4.79 Å². The molecule has 29 heavy (non-hydrogen) atoms. The molecule has 0 radical (unpaired) electrons. The highest BCUT2D eigenvalue weighted by molar-refractivity contribution is 5.69. The number of hydrogen-bond donors (Lipinski definition) is 0. The normalized spacial score (nSPS) is 10.8. The van der Waals surface area contributed by atoms with Gasteiger partial charge in [-0.2, -0.15) is 0 Å². The van der Waals surface area contributed by atoms with E-state index in [0.29, 0.717) is 72.5 Å². The summed E-state index contributed by atoms with van der Waals surface area (Å²) in [6, 6.07) is 0. The zero-order valence-electron chi connectivity index (χ0n) is 18.4. The molecule has 7 nitrogen and oxygen atoms in total. The van der Waals surface area contributed by atoms with Crippen LogP contribution in [-0.2, 0) is 33.2 Å². The highest BCUT2D eigenvalue weighted by Gasteiger charge is 2.02. The van der Waals surface area contributed by atoms with Gasteiger partial charge in [-0.15, -0.1) is 0 Å². The summed E-state index contributed by atoms with van der Waals surface area (Å²) < 4.78 is 31.5. The van der Waals surface area contributed by atoms with E-state index in [4.69, 9.17) is 28.4 Å². The van der Waals surface area contributed by atoms with Crippen molar-refractivity contribution in [2.45, 2.75) is 58.3 Å². The van der Waals surface area contributed by atoms with Crippen molar-refractivity contribution in [1.29, 1.82) is 0 Å². The predicted molar refractivity (Wildman–Crippen MR) is 113 cm³/mol. The molecular formula is C22H42O7. The second-order valence-electron chi connectivity index (χ2n) is 6.58. The molecule has 0 N–H and O–H groups in total. The van der Waals surface area contributed by atoms with Crippen molar-refractivity contribution in [3.05, 3.63) is 12.8 Å². The summed E-state index contributed by atoms with van der Waals surface area (Å²) in [4.78, 5) is 11.6. The molecule has 0 saturated carbocycles. The van der Waals surface area contributed by atoms with Gasteiger partial charge in [0.15, 0.2) is 0 Å². The summed E-state index contributed by atoms with van der Waals surface area (Å²) in [6.45, 7) is 10.4. The fourth-order valence-corrected chi connectivity index (χ4v) is 2.47. The third kappa shape index (κ3) is 24.8. The van der Waals surface area contributed by atoms with Crippen LogP contribution in [0.3, 0.4) is 0 Å². The van der Waals surface area contributed by atoms with Gasteiger partial charge in [0.05, 0.1) is 59.1 Å². The lowest BCUT2D eigenvalue weighted by atomic mass is 10.1. The minimum atomic E-state index is -0.132. The maximum absolute atomic E-state index is 11.6. The number of hydrogen-bond acceptors (Lipinski definition) is 7. The Morgan fingerprint density at radius 3 is 1.62 bits per heavy atom. The molecule has 0 spiro atoms. The minimum absolute atomic E-state index is 0.132. The molecule has 172 valence electrons. The van der Waals surface area contributed by atoms with E-state index in [0.717, 1.165) is 12.8 Å². The van der Waals surface area contributed by atoms with Crippen LogP contribution in [0.5, 0.6) is 0 Å². The molecule has 0 amide bonds. The molecule has 0 rings (SSSR count). The number of esters is 1. The van der Waals surface area contributed by atoms with E-state index in [1.165, 1.54) is 38.4 Å². The van der Waals surface area contributed by atoms with Gasteiger partial charge in [0.1, 0.15) is 13.2 Å². The molecule has 0 aromatic carbocycles. The maximum Gasteiger partial charge on any atom is 0.305 e. The summed E-state index contributed by atoms with van der Waals surface area (Å²) in [7, 11) is 0. The summed E-state index contributed by atoms with van der Waals surface area (Å²) in [6.07, 6.45) is 10.3. The molecule has 0 heterocycles. The van der Waals surface area contributed by atoms with Crippen molar-refractivity contribution in [2.24, 2.45) is 0 Å². The van der Waals surface area contributed by atoms with Crippen molar-refractivity contribution in [2.75, 3.05) is 66.1 Å². The number of unbranched alkanes of at least 4 members (excludes halogenated alkanes) is 6. The number of carbonyl (C=O) groups is 1. The van der Waals surface area contributed by atoms with Gasteiger partial charge in [-0.05, 0) is 6.42 Å². The van der Waals surface area contributed by atoms with Crippen LogP contribution < -0.4 is 0 Å². The monoisotopic (exact) mass is 418 g/mol. The minimum Gasteiger partial charge on any atom is -0.499 e. The van der Waals surface area contributed by atoms with E-state index < -0.39 is 0 Å². The van der Waals surface area contributed by atoms with Gasteiger partial charge < -0.3 is 28.4 Å². The van der Waals surface area contributed by atoms with E-state index in [-0.39, 0.29) is 5.97 Å². The van der Waals surface area contributed by atoms with Crippen LogP contribution in [0, 0.1) is 0 Å². The predicted octanol–water partition coefficient (Wildman–Crippen LogP) is 3.90. The fraction of sp³-hybridized carbons (Fsp3) is 0.864. The van der Waals surface area contributed by atoms with Crippen LogP contribution in [0.2, 0.25) is 0 Å². The molecule has 0 bridgehead atoms. The van der Waals surface area contributed by atoms with Crippen LogP contribution in [0.1, 0.15) is 58.3 Å². The molecule has 0 aliphatic heterocycles. The molecule has 7 heteroatoms. The zero-order valence-corrected chi connectivity index (χ0v) is 18.4. The van der Waals surface area contributed by atoms with Crippen LogP contribution in [0.25, 0.3) is 0 Å². The average molecular weight is 419 g/mol. The van der Waals surface area contributed by atoms with Crippen molar-refractivity contribution in [1.82, 2.24) is 0 Å². The quantitative estimate of drug-likeness (QED) is 0.134. The number of carbonyl (C=O) groups excluding carboxylic acids is 1. The lowest BCUT2D eigenvalue weighted by Crippen LogP contribution is -2.14. The smallest absolute Gasteiger partial charge is 0.305 e. The van der Waals surface area contributed by atoms with Gasteiger partial charge in [-0.3, -0.25) is 4.79 Å². The van der Waals surface area contributed by atoms with Gasteiger partial charge in [-0.25, -0.2) is 0 Å². The van der Waals surface area contributed by atoms with E-state index in [1.807, 2.05) is 0 Å². The van der Waals surface area contributed by atoms with Crippen molar-refractivity contribution < 1.29 is 33.2 Å². The van der Waals surface area contributed by atoms with Crippen molar-refractivity contribution in [3.63, 3.8) is 0 Å². The summed E-state index contributed by atoms with van der Waals surface area (Å²) in [5.74, 6) is -0.132. The molecule has 0 atom stereocenters. The molecule has 0 fully saturated rings. The highest BCUT2D eigenvalue weighted by Crippen LogP contribution is 2.08. The molecule has 0 aromatic rings. The number of rotatable bonds is 24. The largest absolute Gasteiger partial charge is 0.499 e. The van der Waals surface area contributed by atoms with Gasteiger partial charge in [-0.1, -0.05) is 52.0 Å². The fourth-order valence-electron chi connectivity index (χ4n) is 2.47.